The number of benzene rings is 1. The standard InChI is InChI=1S/C7H6P2S/c1-2-4-7-6(3-1)5-8-9-10-7/h1-4H,5H2. The fourth-order valence-corrected chi connectivity index (χ4v) is 5.47. The molecule has 0 bridgehead atoms. The van der Waals surface area contributed by atoms with Gasteiger partial charge in [-0.3, -0.25) is 0 Å². The topological polar surface area (TPSA) is 0 Å². The minimum Gasteiger partial charge on any atom is -0.0619 e. The molecule has 0 nitrogen and oxygen atoms in total. The monoisotopic (exact) mass is 184 g/mol. The van der Waals surface area contributed by atoms with E-state index < -0.39 is 0 Å². The molecule has 0 unspecified atom stereocenters. The summed E-state index contributed by atoms with van der Waals surface area (Å²) in [7, 11) is 3.03. The molecule has 1 aliphatic heterocycles. The van der Waals surface area contributed by atoms with Gasteiger partial charge in [0, 0.05) is 11.1 Å². The van der Waals surface area contributed by atoms with Crippen LogP contribution in [0.25, 0.3) is 0 Å². The highest BCUT2D eigenvalue weighted by Gasteiger charge is 2.02. The Kier molecular flexibility index (Phi) is 2.09. The van der Waals surface area contributed by atoms with Crippen LogP contribution in [0.1, 0.15) is 5.56 Å². The van der Waals surface area contributed by atoms with Gasteiger partial charge in [-0.15, -0.1) is 0 Å². The summed E-state index contributed by atoms with van der Waals surface area (Å²) in [6.07, 6.45) is 1.24. The Morgan fingerprint density at radius 2 is 2.20 bits per heavy atom. The van der Waals surface area contributed by atoms with E-state index >= 15 is 0 Å². The largest absolute Gasteiger partial charge is 0.0619 e. The summed E-state index contributed by atoms with van der Waals surface area (Å²) in [5, 5.41) is 0. The third-order valence-electron chi connectivity index (χ3n) is 1.41. The van der Waals surface area contributed by atoms with E-state index in [2.05, 4.69) is 24.3 Å². The van der Waals surface area contributed by atoms with E-state index in [1.165, 1.54) is 31.6 Å². The van der Waals surface area contributed by atoms with Crippen LogP contribution in [0, 0.1) is 0 Å². The second kappa shape index (κ2) is 3.05. The number of rotatable bonds is 0. The molecule has 1 aliphatic rings. The van der Waals surface area contributed by atoms with Crippen molar-refractivity contribution in [1.82, 2.24) is 0 Å². The Labute approximate surface area is 67.6 Å². The third-order valence-corrected chi connectivity index (χ3v) is 6.06. The molecule has 50 valence electrons. The van der Waals surface area contributed by atoms with Crippen molar-refractivity contribution in [2.45, 2.75) is 11.1 Å². The van der Waals surface area contributed by atoms with Gasteiger partial charge in [-0.05, 0) is 18.7 Å². The molecule has 2 rings (SSSR count). The Bertz CT molecular complexity index is 243. The number of hydrogen-bond acceptors (Lipinski definition) is 1. The van der Waals surface area contributed by atoms with Crippen LogP contribution in [0.3, 0.4) is 0 Å². The van der Waals surface area contributed by atoms with Crippen molar-refractivity contribution in [3.63, 3.8) is 0 Å². The van der Waals surface area contributed by atoms with E-state index in [0.717, 1.165) is 0 Å². The highest BCUT2D eigenvalue weighted by atomic mass is 32.8. The summed E-state index contributed by atoms with van der Waals surface area (Å²) in [6.45, 7) is 0. The molecule has 0 spiro atoms. The van der Waals surface area contributed by atoms with Crippen LogP contribution in [0.5, 0.6) is 0 Å². The number of hydrogen-bond donors (Lipinski definition) is 0. The average molecular weight is 184 g/mol. The van der Waals surface area contributed by atoms with Gasteiger partial charge in [0.05, 0.1) is 0 Å². The van der Waals surface area contributed by atoms with Crippen LogP contribution in [-0.4, -0.2) is 0 Å². The Morgan fingerprint density at radius 3 is 3.10 bits per heavy atom. The van der Waals surface area contributed by atoms with Gasteiger partial charge < -0.3 is 0 Å². The van der Waals surface area contributed by atoms with Gasteiger partial charge in [0.15, 0.2) is 0 Å². The maximum absolute atomic E-state index is 2.23. The van der Waals surface area contributed by atoms with Crippen LogP contribution in [0.2, 0.25) is 0 Å². The van der Waals surface area contributed by atoms with E-state index in [1.54, 1.807) is 0 Å². The van der Waals surface area contributed by atoms with Crippen LogP contribution in [0.4, 0.5) is 0 Å². The van der Waals surface area contributed by atoms with Gasteiger partial charge in [0.2, 0.25) is 0 Å². The molecule has 0 atom stereocenters. The van der Waals surface area contributed by atoms with Gasteiger partial charge in [0.1, 0.15) is 0 Å². The van der Waals surface area contributed by atoms with Gasteiger partial charge in [0.25, 0.3) is 0 Å². The summed E-state index contributed by atoms with van der Waals surface area (Å²) in [4.78, 5) is 1.47. The molecule has 0 saturated heterocycles. The van der Waals surface area contributed by atoms with E-state index in [4.69, 9.17) is 0 Å². The lowest BCUT2D eigenvalue weighted by Gasteiger charge is -2.06. The Balaban J connectivity index is 2.47. The van der Waals surface area contributed by atoms with Crippen LogP contribution >= 0.6 is 26.3 Å². The fourth-order valence-electron chi connectivity index (χ4n) is 0.901. The van der Waals surface area contributed by atoms with Crippen molar-refractivity contribution in [3.05, 3.63) is 29.8 Å². The maximum atomic E-state index is 2.23. The molecule has 10 heavy (non-hydrogen) atoms. The predicted molar refractivity (Wildman–Crippen MR) is 49.8 cm³/mol. The fraction of sp³-hybridized carbons (Fsp3) is 0.143. The molecule has 1 heterocycles. The van der Waals surface area contributed by atoms with Gasteiger partial charge in [-0.1, -0.05) is 37.4 Å². The lowest BCUT2D eigenvalue weighted by Crippen LogP contribution is -1.80. The Hall–Kier alpha value is 0.170. The van der Waals surface area contributed by atoms with Crippen LogP contribution < -0.4 is 0 Å². The van der Waals surface area contributed by atoms with Crippen molar-refractivity contribution < 1.29 is 0 Å². The zero-order chi connectivity index (χ0) is 6.81. The molecular formula is C7H6P2S. The minimum absolute atomic E-state index is 1.24. The van der Waals surface area contributed by atoms with Crippen molar-refractivity contribution >= 4 is 26.3 Å². The molecular weight excluding hydrogens is 178 g/mol. The molecule has 0 aromatic heterocycles. The first-order chi connectivity index (χ1) is 4.97. The van der Waals surface area contributed by atoms with Gasteiger partial charge in [-0.2, -0.15) is 0 Å². The normalized spacial score (nSPS) is 18.0. The van der Waals surface area contributed by atoms with Crippen LogP contribution in [0.15, 0.2) is 29.2 Å². The minimum atomic E-state index is 1.24. The summed E-state index contributed by atoms with van der Waals surface area (Å²) < 4.78 is 0. The summed E-state index contributed by atoms with van der Waals surface area (Å²) in [5.74, 6) is 0. The average Bonchev–Trinajstić information content (AvgIpc) is 2.05. The highest BCUT2D eigenvalue weighted by Crippen LogP contribution is 2.45. The second-order valence-electron chi connectivity index (χ2n) is 2.08. The van der Waals surface area contributed by atoms with E-state index in [-0.39, 0.29) is 0 Å². The number of fused-ring (bicyclic) bond motifs is 1. The smallest absolute Gasteiger partial charge is 0.0205 e. The zero-order valence-corrected chi connectivity index (χ0v) is 7.92. The zero-order valence-electron chi connectivity index (χ0n) is 5.32. The summed E-state index contributed by atoms with van der Waals surface area (Å²) in [6, 6.07) is 8.67. The molecule has 0 N–H and O–H groups in total. The lowest BCUT2D eigenvalue weighted by molar-refractivity contribution is 1.28. The second-order valence-corrected chi connectivity index (χ2v) is 6.82. The molecule has 1 aromatic carbocycles. The van der Waals surface area contributed by atoms with Gasteiger partial charge in [-0.25, -0.2) is 0 Å². The molecule has 0 fully saturated rings. The molecule has 0 aliphatic carbocycles. The van der Waals surface area contributed by atoms with Crippen molar-refractivity contribution in [1.29, 1.82) is 0 Å². The quantitative estimate of drug-likeness (QED) is 0.549. The van der Waals surface area contributed by atoms with Crippen molar-refractivity contribution in [2.24, 2.45) is 0 Å². The summed E-state index contributed by atoms with van der Waals surface area (Å²) in [5.41, 5.74) is 1.52. The van der Waals surface area contributed by atoms with E-state index in [0.29, 0.717) is 0 Å². The summed E-state index contributed by atoms with van der Waals surface area (Å²) >= 11 is 1.95. The van der Waals surface area contributed by atoms with Crippen LogP contribution in [-0.2, 0) is 6.16 Å². The maximum Gasteiger partial charge on any atom is 0.0205 e. The predicted octanol–water partition coefficient (Wildman–Crippen LogP) is 4.01. The van der Waals surface area contributed by atoms with E-state index in [1.807, 2.05) is 11.4 Å². The SMILES string of the molecule is c1ccc2c(c1)CP=PS2. The first kappa shape index (κ1) is 6.85. The highest BCUT2D eigenvalue weighted by molar-refractivity contribution is 8.55. The Morgan fingerprint density at radius 1 is 1.30 bits per heavy atom. The third kappa shape index (κ3) is 1.27. The molecule has 3 heteroatoms. The first-order valence-corrected chi connectivity index (χ1v) is 7.19. The molecule has 0 amide bonds. The molecule has 1 aromatic rings. The lowest BCUT2D eigenvalue weighted by atomic mass is 10.2. The van der Waals surface area contributed by atoms with Crippen molar-refractivity contribution in [3.8, 4) is 0 Å². The first-order valence-electron chi connectivity index (χ1n) is 3.08. The molecule has 0 radical (unpaired) electrons. The molecule has 0 saturated carbocycles. The van der Waals surface area contributed by atoms with E-state index in [9.17, 15) is 0 Å². The van der Waals surface area contributed by atoms with Gasteiger partial charge >= 0.3 is 0 Å². The van der Waals surface area contributed by atoms with Crippen molar-refractivity contribution in [2.75, 3.05) is 0 Å².